The van der Waals surface area contributed by atoms with Gasteiger partial charge in [-0.25, -0.2) is 8.78 Å². The van der Waals surface area contributed by atoms with Crippen molar-refractivity contribution in [2.24, 2.45) is 0 Å². The molecule has 0 heterocycles. The van der Waals surface area contributed by atoms with Crippen LogP contribution in [0.2, 0.25) is 0 Å². The van der Waals surface area contributed by atoms with Gasteiger partial charge in [-0.3, -0.25) is 0 Å². The summed E-state index contributed by atoms with van der Waals surface area (Å²) >= 11 is 0. The monoisotopic (exact) mass is 308 g/mol. The molecule has 0 unspecified atom stereocenters. The van der Waals surface area contributed by atoms with Crippen molar-refractivity contribution in [2.75, 3.05) is 13.2 Å². The third-order valence-electron chi connectivity index (χ3n) is 2.46. The lowest BCUT2D eigenvalue weighted by molar-refractivity contribution is 0.135. The van der Waals surface area contributed by atoms with Gasteiger partial charge in [-0.05, 0) is 31.9 Å². The van der Waals surface area contributed by atoms with Gasteiger partial charge in [0.05, 0.1) is 0 Å². The Morgan fingerprint density at radius 3 is 1.41 bits per heavy atom. The molecule has 0 amide bonds. The maximum Gasteiger partial charge on any atom is 0.158 e. The summed E-state index contributed by atoms with van der Waals surface area (Å²) in [5.41, 5.74) is 1.32. The van der Waals surface area contributed by atoms with Crippen molar-refractivity contribution < 1.29 is 13.5 Å². The molecule has 0 radical (unpaired) electrons. The summed E-state index contributed by atoms with van der Waals surface area (Å²) in [5, 5.41) is 0. The molecule has 22 heavy (non-hydrogen) atoms. The lowest BCUT2D eigenvalue weighted by atomic mass is 10.2. The summed E-state index contributed by atoms with van der Waals surface area (Å²) in [5.74, 6) is -1.60. The number of rotatable bonds is 4. The molecule has 0 aliphatic heterocycles. The van der Waals surface area contributed by atoms with E-state index in [1.54, 1.807) is 0 Å². The van der Waals surface area contributed by atoms with E-state index in [0.29, 0.717) is 0 Å². The fourth-order valence-electron chi connectivity index (χ4n) is 1.36. The van der Waals surface area contributed by atoms with Gasteiger partial charge in [0.2, 0.25) is 0 Å². The Labute approximate surface area is 132 Å². The molecule has 0 aliphatic rings. The summed E-state index contributed by atoms with van der Waals surface area (Å²) in [6, 6.07) is 15.3. The van der Waals surface area contributed by atoms with Crippen molar-refractivity contribution in [1.82, 2.24) is 0 Å². The van der Waals surface area contributed by atoms with E-state index in [9.17, 15) is 8.78 Å². The molecule has 0 N–H and O–H groups in total. The Kier molecular flexibility index (Phi) is 13.1. The average molecular weight is 308 g/mol. The topological polar surface area (TPSA) is 9.23 Å². The van der Waals surface area contributed by atoms with E-state index in [4.69, 9.17) is 4.74 Å². The molecule has 0 bridgehead atoms. The van der Waals surface area contributed by atoms with E-state index in [1.807, 2.05) is 18.2 Å². The zero-order valence-corrected chi connectivity index (χ0v) is 13.7. The predicted molar refractivity (Wildman–Crippen MR) is 88.9 cm³/mol. The number of ether oxygens (including phenoxy) is 1. The van der Waals surface area contributed by atoms with Crippen LogP contribution in [0.5, 0.6) is 0 Å². The Bertz CT molecular complexity index is 447. The van der Waals surface area contributed by atoms with E-state index in [-0.39, 0.29) is 0 Å². The van der Waals surface area contributed by atoms with Gasteiger partial charge >= 0.3 is 0 Å². The third-order valence-corrected chi connectivity index (χ3v) is 2.46. The third kappa shape index (κ3) is 12.0. The smallest absolute Gasteiger partial charge is 0.158 e. The molecule has 2 rings (SSSR count). The Balaban J connectivity index is 0.000000302. The first-order valence-electron chi connectivity index (χ1n) is 7.61. The highest BCUT2D eigenvalue weighted by molar-refractivity contribution is 5.11. The second-order valence-corrected chi connectivity index (χ2v) is 4.68. The SMILES string of the molecule is CCCOCCC.Cc1ccccc1.Fc1ccccc1F. The van der Waals surface area contributed by atoms with E-state index in [1.165, 1.54) is 17.7 Å². The highest BCUT2D eigenvalue weighted by Gasteiger charge is 1.93. The molecule has 0 spiro atoms. The molecule has 2 aromatic rings. The first kappa shape index (κ1) is 20.3. The zero-order valence-electron chi connectivity index (χ0n) is 13.7. The standard InChI is InChI=1S/C7H8.C6H4F2.C6H14O/c1-7-5-3-2-4-6-7;7-5-3-1-2-4-6(5)8;1-3-5-7-6-4-2/h2-6H,1H3;1-4H;3-6H2,1-2H3. The summed E-state index contributed by atoms with van der Waals surface area (Å²) in [6.07, 6.45) is 2.28. The molecule has 0 aliphatic carbocycles. The summed E-state index contributed by atoms with van der Waals surface area (Å²) in [6.45, 7) is 8.17. The Morgan fingerprint density at radius 2 is 1.14 bits per heavy atom. The minimum atomic E-state index is -0.799. The minimum Gasteiger partial charge on any atom is -0.381 e. The van der Waals surface area contributed by atoms with Crippen LogP contribution in [-0.4, -0.2) is 13.2 Å². The lowest BCUT2D eigenvalue weighted by Gasteiger charge is -1.95. The molecule has 3 heteroatoms. The van der Waals surface area contributed by atoms with Gasteiger partial charge < -0.3 is 4.74 Å². The molecule has 0 saturated carbocycles. The fourth-order valence-corrected chi connectivity index (χ4v) is 1.36. The van der Waals surface area contributed by atoms with Crippen LogP contribution < -0.4 is 0 Å². The normalized spacial score (nSPS) is 9.14. The van der Waals surface area contributed by atoms with E-state index in [0.717, 1.165) is 38.2 Å². The van der Waals surface area contributed by atoms with Crippen LogP contribution in [0.3, 0.4) is 0 Å². The Morgan fingerprint density at radius 1 is 0.727 bits per heavy atom. The molecule has 1 nitrogen and oxygen atoms in total. The average Bonchev–Trinajstić information content (AvgIpc) is 2.53. The molecule has 0 saturated heterocycles. The van der Waals surface area contributed by atoms with Crippen LogP contribution in [0, 0.1) is 18.6 Å². The van der Waals surface area contributed by atoms with E-state index >= 15 is 0 Å². The largest absolute Gasteiger partial charge is 0.381 e. The van der Waals surface area contributed by atoms with Crippen LogP contribution in [0.4, 0.5) is 8.78 Å². The van der Waals surface area contributed by atoms with Gasteiger partial charge in [-0.15, -0.1) is 0 Å². The molecular formula is C19H26F2O. The molecular weight excluding hydrogens is 282 g/mol. The molecule has 0 fully saturated rings. The van der Waals surface area contributed by atoms with E-state index in [2.05, 4.69) is 32.9 Å². The van der Waals surface area contributed by atoms with Gasteiger partial charge in [0.15, 0.2) is 11.6 Å². The first-order chi connectivity index (χ1) is 10.6. The number of hydrogen-bond acceptors (Lipinski definition) is 1. The fraction of sp³-hybridized carbons (Fsp3) is 0.368. The second-order valence-electron chi connectivity index (χ2n) is 4.68. The van der Waals surface area contributed by atoms with Crippen LogP contribution >= 0.6 is 0 Å². The van der Waals surface area contributed by atoms with E-state index < -0.39 is 11.6 Å². The highest BCUT2D eigenvalue weighted by atomic mass is 19.2. The highest BCUT2D eigenvalue weighted by Crippen LogP contribution is 2.01. The second kappa shape index (κ2) is 14.2. The summed E-state index contributed by atoms with van der Waals surface area (Å²) in [4.78, 5) is 0. The number of benzene rings is 2. The van der Waals surface area contributed by atoms with Crippen molar-refractivity contribution in [1.29, 1.82) is 0 Å². The quantitative estimate of drug-likeness (QED) is 0.650. The summed E-state index contributed by atoms with van der Waals surface area (Å²) in [7, 11) is 0. The van der Waals surface area contributed by atoms with Gasteiger partial charge in [0.25, 0.3) is 0 Å². The molecule has 0 aromatic heterocycles. The van der Waals surface area contributed by atoms with Gasteiger partial charge in [0, 0.05) is 13.2 Å². The van der Waals surface area contributed by atoms with Crippen molar-refractivity contribution in [2.45, 2.75) is 33.6 Å². The van der Waals surface area contributed by atoms with Crippen LogP contribution in [0.1, 0.15) is 32.3 Å². The lowest BCUT2D eigenvalue weighted by Crippen LogP contribution is -1.92. The maximum absolute atomic E-state index is 11.9. The molecule has 122 valence electrons. The van der Waals surface area contributed by atoms with Crippen LogP contribution in [0.15, 0.2) is 54.6 Å². The molecule has 2 aromatic carbocycles. The van der Waals surface area contributed by atoms with Gasteiger partial charge in [-0.2, -0.15) is 0 Å². The summed E-state index contributed by atoms with van der Waals surface area (Å²) < 4.78 is 29.0. The van der Waals surface area contributed by atoms with Gasteiger partial charge in [0.1, 0.15) is 0 Å². The predicted octanol–water partition coefficient (Wildman–Crippen LogP) is 5.78. The number of halogens is 2. The maximum atomic E-state index is 11.9. The van der Waals surface area contributed by atoms with Gasteiger partial charge in [-0.1, -0.05) is 61.9 Å². The first-order valence-corrected chi connectivity index (χ1v) is 7.61. The Hall–Kier alpha value is -1.74. The minimum absolute atomic E-state index is 0.799. The van der Waals surface area contributed by atoms with Crippen LogP contribution in [-0.2, 0) is 4.74 Å². The van der Waals surface area contributed by atoms with Crippen molar-refractivity contribution in [3.05, 3.63) is 71.8 Å². The van der Waals surface area contributed by atoms with Crippen molar-refractivity contribution in [3.8, 4) is 0 Å². The van der Waals surface area contributed by atoms with Crippen molar-refractivity contribution >= 4 is 0 Å². The van der Waals surface area contributed by atoms with Crippen molar-refractivity contribution in [3.63, 3.8) is 0 Å². The van der Waals surface area contributed by atoms with Crippen LogP contribution in [0.25, 0.3) is 0 Å². The number of aryl methyl sites for hydroxylation is 1. The zero-order chi connectivity index (χ0) is 16.6. The molecule has 0 atom stereocenters. The number of hydrogen-bond donors (Lipinski definition) is 0.